The summed E-state index contributed by atoms with van der Waals surface area (Å²) in [4.78, 5) is 19.3. The van der Waals surface area contributed by atoms with Crippen molar-refractivity contribution in [2.24, 2.45) is 10.8 Å². The molecule has 0 bridgehead atoms. The Kier molecular flexibility index (Phi) is 1.65. The average molecular weight is 101 g/mol. The summed E-state index contributed by atoms with van der Waals surface area (Å²) in [6, 6.07) is 0. The van der Waals surface area contributed by atoms with Crippen LogP contribution in [0, 0.1) is 5.53 Å². The van der Waals surface area contributed by atoms with Gasteiger partial charge in [0.2, 0.25) is 0 Å². The lowest BCUT2D eigenvalue weighted by Crippen LogP contribution is -2.20. The molecule has 3 N–H and O–H groups in total. The summed E-state index contributed by atoms with van der Waals surface area (Å²) in [6.45, 7) is 0. The summed E-state index contributed by atoms with van der Waals surface area (Å²) >= 11 is 0. The second-order valence-electron chi connectivity index (χ2n) is 0.781. The predicted octanol–water partition coefficient (Wildman–Crippen LogP) is -0.971. The Morgan fingerprint density at radius 2 is 2.00 bits per heavy atom. The van der Waals surface area contributed by atoms with Crippen LogP contribution in [0.3, 0.4) is 0 Å². The van der Waals surface area contributed by atoms with E-state index in [4.69, 9.17) is 5.53 Å². The van der Waals surface area contributed by atoms with E-state index >= 15 is 0 Å². The van der Waals surface area contributed by atoms with E-state index in [1.54, 1.807) is 0 Å². The lowest BCUT2D eigenvalue weighted by atomic mass is 10.6. The van der Waals surface area contributed by atoms with Crippen LogP contribution in [0.15, 0.2) is 5.11 Å². The number of nitrogens with one attached hydrogen (secondary N) is 1. The van der Waals surface area contributed by atoms with Crippen LogP contribution in [-0.4, -0.2) is 11.8 Å². The van der Waals surface area contributed by atoms with Crippen molar-refractivity contribution in [3.63, 3.8) is 0 Å². The molecule has 38 valence electrons. The monoisotopic (exact) mass is 101 g/mol. The highest BCUT2D eigenvalue weighted by Crippen LogP contribution is 1.65. The largest absolute Gasteiger partial charge is 0.361 e. The summed E-state index contributed by atoms with van der Waals surface area (Å²) in [5.74, 6) is -2.42. The van der Waals surface area contributed by atoms with E-state index < -0.39 is 11.8 Å². The molecule has 0 fully saturated rings. The van der Waals surface area contributed by atoms with Gasteiger partial charge < -0.3 is 5.73 Å². The second kappa shape index (κ2) is 2.01. The highest BCUT2D eigenvalue weighted by atomic mass is 16.2. The summed E-state index contributed by atoms with van der Waals surface area (Å²) < 4.78 is 0. The molecule has 0 aliphatic heterocycles. The Bertz CT molecular complexity index is 118. The number of hydrogen-bond acceptors (Lipinski definition) is 3. The quantitative estimate of drug-likeness (QED) is 0.303. The van der Waals surface area contributed by atoms with Gasteiger partial charge in [-0.15, -0.1) is 5.11 Å². The van der Waals surface area contributed by atoms with Crippen molar-refractivity contribution >= 4 is 11.8 Å². The van der Waals surface area contributed by atoms with Gasteiger partial charge in [0.1, 0.15) is 0 Å². The third-order valence-corrected chi connectivity index (χ3v) is 0.312. The van der Waals surface area contributed by atoms with Crippen LogP contribution in [0.2, 0.25) is 0 Å². The lowest BCUT2D eigenvalue weighted by Gasteiger charge is -1.75. The van der Waals surface area contributed by atoms with E-state index in [0.29, 0.717) is 0 Å². The lowest BCUT2D eigenvalue weighted by molar-refractivity contribution is -0.135. The van der Waals surface area contributed by atoms with Crippen molar-refractivity contribution in [1.29, 1.82) is 5.53 Å². The first kappa shape index (κ1) is 5.74. The molecule has 0 atom stereocenters. The van der Waals surface area contributed by atoms with Crippen LogP contribution < -0.4 is 5.73 Å². The topological polar surface area (TPSA) is 96.4 Å². The van der Waals surface area contributed by atoms with Gasteiger partial charge in [0.25, 0.3) is 0 Å². The van der Waals surface area contributed by atoms with Crippen molar-refractivity contribution in [3.8, 4) is 0 Å². The molecule has 2 amide bonds. The van der Waals surface area contributed by atoms with Gasteiger partial charge in [-0.05, 0) is 0 Å². The zero-order valence-electron chi connectivity index (χ0n) is 3.34. The summed E-state index contributed by atoms with van der Waals surface area (Å²) in [6.07, 6.45) is 0. The third-order valence-electron chi connectivity index (χ3n) is 0.312. The Morgan fingerprint density at radius 3 is 2.00 bits per heavy atom. The summed E-state index contributed by atoms with van der Waals surface area (Å²) in [5.41, 5.74) is 10.3. The van der Waals surface area contributed by atoms with Gasteiger partial charge in [0.05, 0.1) is 0 Å². The van der Waals surface area contributed by atoms with Gasteiger partial charge in [0, 0.05) is 0 Å². The number of carbonyl (C=O) groups is 2. The Balaban J connectivity index is 3.81. The Labute approximate surface area is 39.0 Å². The average Bonchev–Trinajstić information content (AvgIpc) is 1.65. The van der Waals surface area contributed by atoms with E-state index in [1.807, 2.05) is 0 Å². The number of nitrogens with zero attached hydrogens (tertiary/aromatic N) is 1. The Morgan fingerprint density at radius 1 is 1.57 bits per heavy atom. The maximum atomic E-state index is 9.68. The molecule has 5 nitrogen and oxygen atoms in total. The number of hydrogen-bond donors (Lipinski definition) is 2. The van der Waals surface area contributed by atoms with E-state index in [9.17, 15) is 9.59 Å². The number of amides is 2. The van der Waals surface area contributed by atoms with E-state index in [1.165, 1.54) is 0 Å². The minimum Gasteiger partial charge on any atom is -0.361 e. The molecule has 0 aliphatic carbocycles. The van der Waals surface area contributed by atoms with Crippen LogP contribution in [0.1, 0.15) is 0 Å². The fourth-order valence-electron chi connectivity index (χ4n) is 0.0551. The number of nitrogens with two attached hydrogens (primary N) is 1. The minimum absolute atomic E-state index is 1.20. The Hall–Kier alpha value is -1.26. The highest BCUT2D eigenvalue weighted by Gasteiger charge is 2.03. The third kappa shape index (κ3) is 1.58. The molecule has 0 aromatic heterocycles. The first-order valence-electron chi connectivity index (χ1n) is 1.39. The van der Waals surface area contributed by atoms with Gasteiger partial charge in [-0.2, -0.15) is 0 Å². The zero-order valence-corrected chi connectivity index (χ0v) is 3.34. The molecule has 7 heavy (non-hydrogen) atoms. The van der Waals surface area contributed by atoms with E-state index in [2.05, 4.69) is 10.8 Å². The maximum absolute atomic E-state index is 9.68. The van der Waals surface area contributed by atoms with Crippen LogP contribution >= 0.6 is 0 Å². The number of primary amides is 1. The van der Waals surface area contributed by atoms with E-state index in [-0.39, 0.29) is 0 Å². The molecule has 0 heterocycles. The summed E-state index contributed by atoms with van der Waals surface area (Å²) in [7, 11) is 0. The fourth-order valence-corrected chi connectivity index (χ4v) is 0.0551. The van der Waals surface area contributed by atoms with Crippen LogP contribution in [0.4, 0.5) is 0 Å². The molecular formula is C2H3N3O2. The predicted molar refractivity (Wildman–Crippen MR) is 19.3 cm³/mol. The molecule has 0 saturated carbocycles. The van der Waals surface area contributed by atoms with Crippen molar-refractivity contribution < 1.29 is 9.59 Å². The minimum atomic E-state index is -1.22. The molecule has 5 heteroatoms. The smallest absolute Gasteiger partial charge is 0.352 e. The molecule has 0 aromatic carbocycles. The van der Waals surface area contributed by atoms with Crippen molar-refractivity contribution in [2.45, 2.75) is 0 Å². The molecule has 0 unspecified atom stereocenters. The fraction of sp³-hybridized carbons (Fsp3) is 0. The van der Waals surface area contributed by atoms with E-state index in [0.717, 1.165) is 0 Å². The normalized spacial score (nSPS) is 7.43. The first-order chi connectivity index (χ1) is 3.18. The standard InChI is InChI=1S/C2H3N3O2/c3-1(6)2(7)5-4/h4H,(H2,3,6). The van der Waals surface area contributed by atoms with Crippen LogP contribution in [0.5, 0.6) is 0 Å². The molecule has 0 aliphatic rings. The molecule has 0 aromatic rings. The number of rotatable bonds is 0. The van der Waals surface area contributed by atoms with Gasteiger partial charge in [0.15, 0.2) is 0 Å². The van der Waals surface area contributed by atoms with Crippen molar-refractivity contribution in [3.05, 3.63) is 0 Å². The maximum Gasteiger partial charge on any atom is 0.352 e. The van der Waals surface area contributed by atoms with Gasteiger partial charge in [-0.3, -0.25) is 9.59 Å². The molecule has 0 radical (unpaired) electrons. The van der Waals surface area contributed by atoms with Gasteiger partial charge >= 0.3 is 11.8 Å². The molecule has 0 spiro atoms. The molecule has 0 rings (SSSR count). The van der Waals surface area contributed by atoms with Crippen molar-refractivity contribution in [2.75, 3.05) is 0 Å². The van der Waals surface area contributed by atoms with Crippen LogP contribution in [0.25, 0.3) is 0 Å². The zero-order chi connectivity index (χ0) is 5.86. The van der Waals surface area contributed by atoms with Gasteiger partial charge in [-0.1, -0.05) is 0 Å². The number of carbonyl (C=O) groups excluding carboxylic acids is 2. The SMILES string of the molecule is N=NC(=O)C(N)=O. The second-order valence-corrected chi connectivity index (χ2v) is 0.781. The van der Waals surface area contributed by atoms with Gasteiger partial charge in [-0.25, -0.2) is 5.53 Å². The first-order valence-corrected chi connectivity index (χ1v) is 1.39. The molecule has 0 saturated heterocycles. The molecular weight excluding hydrogens is 98.0 g/mol. The van der Waals surface area contributed by atoms with Crippen molar-refractivity contribution in [1.82, 2.24) is 0 Å². The summed E-state index contributed by atoms with van der Waals surface area (Å²) in [5, 5.41) is 2.22. The highest BCUT2D eigenvalue weighted by molar-refractivity contribution is 6.34. The van der Waals surface area contributed by atoms with Crippen LogP contribution in [-0.2, 0) is 9.59 Å².